The number of benzene rings is 1. The summed E-state index contributed by atoms with van der Waals surface area (Å²) in [5.41, 5.74) is 0.502. The third-order valence-electron chi connectivity index (χ3n) is 3.46. The number of hydrogen-bond acceptors (Lipinski definition) is 3. The number of carbonyl (C=O) groups is 1. The van der Waals surface area contributed by atoms with E-state index >= 15 is 0 Å². The molecule has 1 amide bonds. The smallest absolute Gasteiger partial charge is 0.255 e. The Morgan fingerprint density at radius 3 is 2.90 bits per heavy atom. The van der Waals surface area contributed by atoms with Crippen molar-refractivity contribution >= 4 is 17.5 Å². The van der Waals surface area contributed by atoms with E-state index in [9.17, 15) is 4.79 Å². The van der Waals surface area contributed by atoms with Crippen molar-refractivity contribution in [1.29, 1.82) is 0 Å². The maximum Gasteiger partial charge on any atom is 0.255 e. The number of nitrogens with one attached hydrogen (secondary N) is 1. The van der Waals surface area contributed by atoms with Crippen molar-refractivity contribution in [3.63, 3.8) is 0 Å². The number of likely N-dealkylation sites (tertiary alicyclic amines) is 1. The number of hydrogen-bond donors (Lipinski definition) is 1. The molecular weight excluding hydrogens is 288 g/mol. The van der Waals surface area contributed by atoms with Crippen molar-refractivity contribution < 1.29 is 9.53 Å². The van der Waals surface area contributed by atoms with Gasteiger partial charge in [-0.25, -0.2) is 0 Å². The molecule has 0 atom stereocenters. The van der Waals surface area contributed by atoms with Crippen molar-refractivity contribution in [3.8, 4) is 5.75 Å². The Labute approximate surface area is 130 Å². The molecule has 4 nitrogen and oxygen atoms in total. The van der Waals surface area contributed by atoms with Gasteiger partial charge in [-0.3, -0.25) is 4.79 Å². The topological polar surface area (TPSA) is 41.6 Å². The van der Waals surface area contributed by atoms with E-state index in [0.29, 0.717) is 29.5 Å². The Bertz CT molecular complexity index is 499. The van der Waals surface area contributed by atoms with Crippen LogP contribution in [0, 0.1) is 0 Å². The number of halogens is 1. The summed E-state index contributed by atoms with van der Waals surface area (Å²) in [6.45, 7) is 7.74. The van der Waals surface area contributed by atoms with Gasteiger partial charge in [0.2, 0.25) is 0 Å². The van der Waals surface area contributed by atoms with Gasteiger partial charge in [0.05, 0.1) is 5.56 Å². The first kappa shape index (κ1) is 15.9. The molecule has 1 N–H and O–H groups in total. The van der Waals surface area contributed by atoms with Gasteiger partial charge in [0.25, 0.3) is 5.91 Å². The second-order valence-electron chi connectivity index (χ2n) is 5.04. The minimum Gasteiger partial charge on any atom is -0.489 e. The van der Waals surface area contributed by atoms with E-state index in [-0.39, 0.29) is 5.91 Å². The molecule has 0 aliphatic carbocycles. The maximum absolute atomic E-state index is 12.2. The van der Waals surface area contributed by atoms with Gasteiger partial charge in [-0.05, 0) is 44.1 Å². The maximum atomic E-state index is 12.2. The third-order valence-corrected chi connectivity index (χ3v) is 3.69. The molecule has 0 saturated carbocycles. The van der Waals surface area contributed by atoms with Gasteiger partial charge in [0, 0.05) is 18.1 Å². The summed E-state index contributed by atoms with van der Waals surface area (Å²) >= 11 is 5.95. The largest absolute Gasteiger partial charge is 0.489 e. The van der Waals surface area contributed by atoms with Gasteiger partial charge in [-0.15, -0.1) is 0 Å². The molecule has 5 heteroatoms. The van der Waals surface area contributed by atoms with E-state index < -0.39 is 0 Å². The van der Waals surface area contributed by atoms with Crippen LogP contribution in [-0.2, 0) is 0 Å². The van der Waals surface area contributed by atoms with Gasteiger partial charge < -0.3 is 15.0 Å². The molecule has 1 fully saturated rings. The van der Waals surface area contributed by atoms with Gasteiger partial charge in [0.1, 0.15) is 12.4 Å². The van der Waals surface area contributed by atoms with Crippen LogP contribution in [0.1, 0.15) is 23.2 Å². The van der Waals surface area contributed by atoms with Gasteiger partial charge in [-0.2, -0.15) is 0 Å². The average molecular weight is 309 g/mol. The molecule has 114 valence electrons. The van der Waals surface area contributed by atoms with Crippen LogP contribution in [0.4, 0.5) is 0 Å². The Balaban J connectivity index is 1.92. The van der Waals surface area contributed by atoms with E-state index in [1.165, 1.54) is 12.8 Å². The number of ether oxygens (including phenoxy) is 1. The second kappa shape index (κ2) is 8.05. The standard InChI is InChI=1S/C16H21ClN2O2/c1-2-11-21-15-12-13(17)5-6-14(15)16(20)18-7-10-19-8-3-4-9-19/h2,5-6,12H,1,3-4,7-11H2,(H,18,20). The van der Waals surface area contributed by atoms with E-state index in [2.05, 4.69) is 16.8 Å². The van der Waals surface area contributed by atoms with Crippen LogP contribution < -0.4 is 10.1 Å². The summed E-state index contributed by atoms with van der Waals surface area (Å²) < 4.78 is 5.49. The van der Waals surface area contributed by atoms with Gasteiger partial charge >= 0.3 is 0 Å². The average Bonchev–Trinajstić information content (AvgIpc) is 2.98. The van der Waals surface area contributed by atoms with E-state index in [4.69, 9.17) is 16.3 Å². The molecule has 0 spiro atoms. The molecule has 1 aliphatic heterocycles. The Morgan fingerprint density at radius 2 is 2.19 bits per heavy atom. The monoisotopic (exact) mass is 308 g/mol. The minimum absolute atomic E-state index is 0.134. The predicted molar refractivity (Wildman–Crippen MR) is 85.2 cm³/mol. The molecule has 1 aromatic rings. The third kappa shape index (κ3) is 4.76. The first-order chi connectivity index (χ1) is 10.2. The Kier molecular flexibility index (Phi) is 6.08. The summed E-state index contributed by atoms with van der Waals surface area (Å²) in [5.74, 6) is 0.353. The zero-order valence-electron chi connectivity index (χ0n) is 12.1. The zero-order chi connectivity index (χ0) is 15.1. The summed E-state index contributed by atoms with van der Waals surface area (Å²) in [5, 5.41) is 3.48. The highest BCUT2D eigenvalue weighted by atomic mass is 35.5. The molecule has 0 radical (unpaired) electrons. The van der Waals surface area contributed by atoms with Crippen molar-refractivity contribution in [3.05, 3.63) is 41.4 Å². The number of rotatable bonds is 7. The fourth-order valence-corrected chi connectivity index (χ4v) is 2.54. The van der Waals surface area contributed by atoms with E-state index in [1.54, 1.807) is 24.3 Å². The molecule has 0 aromatic heterocycles. The summed E-state index contributed by atoms with van der Waals surface area (Å²) in [4.78, 5) is 14.6. The lowest BCUT2D eigenvalue weighted by Crippen LogP contribution is -2.33. The molecule has 1 heterocycles. The summed E-state index contributed by atoms with van der Waals surface area (Å²) in [6, 6.07) is 5.03. The fourth-order valence-electron chi connectivity index (χ4n) is 2.38. The lowest BCUT2D eigenvalue weighted by Gasteiger charge is -2.15. The minimum atomic E-state index is -0.134. The second-order valence-corrected chi connectivity index (χ2v) is 5.48. The van der Waals surface area contributed by atoms with E-state index in [0.717, 1.165) is 19.6 Å². The van der Waals surface area contributed by atoms with Crippen LogP contribution in [0.25, 0.3) is 0 Å². The number of carbonyl (C=O) groups excluding carboxylic acids is 1. The van der Waals surface area contributed by atoms with Crippen LogP contribution >= 0.6 is 11.6 Å². The van der Waals surface area contributed by atoms with E-state index in [1.807, 2.05) is 0 Å². The van der Waals surface area contributed by atoms with Crippen molar-refractivity contribution in [2.45, 2.75) is 12.8 Å². The summed E-state index contributed by atoms with van der Waals surface area (Å²) in [6.07, 6.45) is 4.14. The zero-order valence-corrected chi connectivity index (χ0v) is 12.9. The van der Waals surface area contributed by atoms with Crippen molar-refractivity contribution in [2.24, 2.45) is 0 Å². The fraction of sp³-hybridized carbons (Fsp3) is 0.438. The molecule has 0 unspecified atom stereocenters. The molecule has 21 heavy (non-hydrogen) atoms. The lowest BCUT2D eigenvalue weighted by atomic mass is 10.2. The molecule has 0 bridgehead atoms. The normalized spacial score (nSPS) is 14.9. The van der Waals surface area contributed by atoms with Crippen LogP contribution in [0.3, 0.4) is 0 Å². The molecule has 1 saturated heterocycles. The first-order valence-electron chi connectivity index (χ1n) is 7.24. The van der Waals surface area contributed by atoms with Crippen molar-refractivity contribution in [1.82, 2.24) is 10.2 Å². The molecular formula is C16H21ClN2O2. The lowest BCUT2D eigenvalue weighted by molar-refractivity contribution is 0.0946. The predicted octanol–water partition coefficient (Wildman–Crippen LogP) is 2.73. The van der Waals surface area contributed by atoms with Gasteiger partial charge in [0.15, 0.2) is 0 Å². The number of nitrogens with zero attached hydrogens (tertiary/aromatic N) is 1. The first-order valence-corrected chi connectivity index (χ1v) is 7.62. The van der Waals surface area contributed by atoms with Crippen LogP contribution in [0.5, 0.6) is 5.75 Å². The Hall–Kier alpha value is -1.52. The molecule has 1 aliphatic rings. The highest BCUT2D eigenvalue weighted by molar-refractivity contribution is 6.30. The number of amides is 1. The Morgan fingerprint density at radius 1 is 1.43 bits per heavy atom. The van der Waals surface area contributed by atoms with Crippen molar-refractivity contribution in [2.75, 3.05) is 32.8 Å². The van der Waals surface area contributed by atoms with Crippen LogP contribution in [0.15, 0.2) is 30.9 Å². The van der Waals surface area contributed by atoms with Crippen LogP contribution in [0.2, 0.25) is 5.02 Å². The molecule has 1 aromatic carbocycles. The quantitative estimate of drug-likeness (QED) is 0.788. The SMILES string of the molecule is C=CCOc1cc(Cl)ccc1C(=O)NCCN1CCCC1. The highest BCUT2D eigenvalue weighted by Gasteiger charge is 2.14. The summed E-state index contributed by atoms with van der Waals surface area (Å²) in [7, 11) is 0. The molecule has 2 rings (SSSR count). The van der Waals surface area contributed by atoms with Gasteiger partial charge in [-0.1, -0.05) is 24.3 Å². The van der Waals surface area contributed by atoms with Crippen LogP contribution in [-0.4, -0.2) is 43.6 Å². The highest BCUT2D eigenvalue weighted by Crippen LogP contribution is 2.23.